The molecule has 0 atom stereocenters. The van der Waals surface area contributed by atoms with Gasteiger partial charge in [-0.25, -0.2) is 9.78 Å². The molecule has 102 valence electrons. The number of amides is 1. The summed E-state index contributed by atoms with van der Waals surface area (Å²) < 4.78 is 5.30. The largest absolute Gasteiger partial charge is 0.443 e. The van der Waals surface area contributed by atoms with Gasteiger partial charge in [0.25, 0.3) is 0 Å². The van der Waals surface area contributed by atoms with Crippen molar-refractivity contribution in [1.82, 2.24) is 9.88 Å². The summed E-state index contributed by atoms with van der Waals surface area (Å²) in [5.41, 5.74) is 2.27. The van der Waals surface area contributed by atoms with Gasteiger partial charge in [-0.3, -0.25) is 4.90 Å². The van der Waals surface area contributed by atoms with Gasteiger partial charge in [-0.15, -0.1) is 11.3 Å². The van der Waals surface area contributed by atoms with Crippen molar-refractivity contribution < 1.29 is 9.53 Å². The zero-order valence-corrected chi connectivity index (χ0v) is 11.9. The molecule has 0 radical (unpaired) electrons. The predicted molar refractivity (Wildman–Crippen MR) is 78.1 cm³/mol. The van der Waals surface area contributed by atoms with Gasteiger partial charge in [0.15, 0.2) is 0 Å². The SMILES string of the molecule is Cc1ncc(COC(=O)N2C=Cc3ccccc3C2)s1. The number of carbonyl (C=O) groups excluding carboxylic acids is 1. The average Bonchev–Trinajstić information content (AvgIpc) is 2.90. The average molecular weight is 286 g/mol. The molecule has 1 aliphatic heterocycles. The number of hydrogen-bond acceptors (Lipinski definition) is 4. The molecule has 5 heteroatoms. The number of aromatic nitrogens is 1. The number of ether oxygens (including phenoxy) is 1. The van der Waals surface area contributed by atoms with E-state index in [1.807, 2.05) is 37.3 Å². The van der Waals surface area contributed by atoms with E-state index in [1.165, 1.54) is 0 Å². The Labute approximate surface area is 121 Å². The van der Waals surface area contributed by atoms with Crippen molar-refractivity contribution in [3.63, 3.8) is 0 Å². The van der Waals surface area contributed by atoms with Crippen LogP contribution in [0.15, 0.2) is 36.7 Å². The molecule has 1 aliphatic rings. The van der Waals surface area contributed by atoms with Crippen LogP contribution in [-0.2, 0) is 17.9 Å². The molecule has 2 heterocycles. The molecule has 0 N–H and O–H groups in total. The van der Waals surface area contributed by atoms with Gasteiger partial charge in [0.05, 0.1) is 16.4 Å². The Morgan fingerprint density at radius 1 is 1.45 bits per heavy atom. The van der Waals surface area contributed by atoms with E-state index in [9.17, 15) is 4.79 Å². The molecule has 0 spiro atoms. The van der Waals surface area contributed by atoms with Crippen LogP contribution < -0.4 is 0 Å². The minimum Gasteiger partial charge on any atom is -0.443 e. The van der Waals surface area contributed by atoms with Crippen molar-refractivity contribution in [2.75, 3.05) is 0 Å². The summed E-state index contributed by atoms with van der Waals surface area (Å²) in [5, 5.41) is 0.975. The van der Waals surface area contributed by atoms with Crippen LogP contribution in [0.3, 0.4) is 0 Å². The Morgan fingerprint density at radius 2 is 2.30 bits per heavy atom. The van der Waals surface area contributed by atoms with Crippen LogP contribution in [0.1, 0.15) is 21.0 Å². The number of hydrogen-bond donors (Lipinski definition) is 0. The van der Waals surface area contributed by atoms with Crippen LogP contribution in [-0.4, -0.2) is 16.0 Å². The number of thiazole rings is 1. The number of carbonyl (C=O) groups is 1. The lowest BCUT2D eigenvalue weighted by molar-refractivity contribution is 0.109. The first-order valence-electron chi connectivity index (χ1n) is 6.33. The fraction of sp³-hybridized carbons (Fsp3) is 0.200. The van der Waals surface area contributed by atoms with E-state index in [-0.39, 0.29) is 12.7 Å². The molecule has 0 fully saturated rings. The second-order valence-corrected chi connectivity index (χ2v) is 5.86. The topological polar surface area (TPSA) is 42.4 Å². The Bertz CT molecular complexity index is 663. The molecule has 0 saturated carbocycles. The van der Waals surface area contributed by atoms with Crippen LogP contribution in [0, 0.1) is 6.92 Å². The minimum atomic E-state index is -0.332. The van der Waals surface area contributed by atoms with E-state index in [2.05, 4.69) is 4.98 Å². The van der Waals surface area contributed by atoms with Crippen molar-refractivity contribution in [1.29, 1.82) is 0 Å². The monoisotopic (exact) mass is 286 g/mol. The van der Waals surface area contributed by atoms with Crippen molar-refractivity contribution in [2.45, 2.75) is 20.1 Å². The van der Waals surface area contributed by atoms with Crippen molar-refractivity contribution in [3.05, 3.63) is 57.7 Å². The van der Waals surface area contributed by atoms with E-state index >= 15 is 0 Å². The summed E-state index contributed by atoms with van der Waals surface area (Å²) >= 11 is 1.54. The van der Waals surface area contributed by atoms with E-state index < -0.39 is 0 Å². The van der Waals surface area contributed by atoms with Gasteiger partial charge in [-0.05, 0) is 24.1 Å². The summed E-state index contributed by atoms with van der Waals surface area (Å²) in [5.74, 6) is 0. The van der Waals surface area contributed by atoms with Gasteiger partial charge in [-0.2, -0.15) is 0 Å². The first-order chi connectivity index (χ1) is 9.72. The summed E-state index contributed by atoms with van der Waals surface area (Å²) in [4.78, 5) is 18.7. The minimum absolute atomic E-state index is 0.274. The number of rotatable bonds is 2. The quantitative estimate of drug-likeness (QED) is 0.847. The van der Waals surface area contributed by atoms with E-state index in [4.69, 9.17) is 4.74 Å². The molecule has 0 aliphatic carbocycles. The lowest BCUT2D eigenvalue weighted by Crippen LogP contribution is -2.27. The summed E-state index contributed by atoms with van der Waals surface area (Å²) in [6, 6.07) is 8.02. The molecular weight excluding hydrogens is 272 g/mol. The van der Waals surface area contributed by atoms with Gasteiger partial charge in [0.1, 0.15) is 6.61 Å². The fourth-order valence-electron chi connectivity index (χ4n) is 2.06. The number of fused-ring (bicyclic) bond motifs is 1. The number of benzene rings is 1. The van der Waals surface area contributed by atoms with Crippen molar-refractivity contribution in [2.24, 2.45) is 0 Å². The van der Waals surface area contributed by atoms with Gasteiger partial charge < -0.3 is 4.74 Å². The van der Waals surface area contributed by atoms with Crippen molar-refractivity contribution >= 4 is 23.5 Å². The third kappa shape index (κ3) is 2.72. The van der Waals surface area contributed by atoms with Crippen molar-refractivity contribution in [3.8, 4) is 0 Å². The molecule has 1 aromatic heterocycles. The highest BCUT2D eigenvalue weighted by molar-refractivity contribution is 7.11. The third-order valence-electron chi connectivity index (χ3n) is 3.07. The molecule has 0 unspecified atom stereocenters. The highest BCUT2D eigenvalue weighted by atomic mass is 32.1. The second-order valence-electron chi connectivity index (χ2n) is 4.54. The zero-order valence-electron chi connectivity index (χ0n) is 11.1. The summed E-state index contributed by atoms with van der Waals surface area (Å²) in [7, 11) is 0. The van der Waals surface area contributed by atoms with E-state index in [0.717, 1.165) is 21.0 Å². The maximum absolute atomic E-state index is 12.0. The van der Waals surface area contributed by atoms with Crippen LogP contribution >= 0.6 is 11.3 Å². The molecule has 1 aromatic carbocycles. The van der Waals surface area contributed by atoms with E-state index in [1.54, 1.807) is 28.6 Å². The molecular formula is C15H14N2O2S. The first kappa shape index (κ1) is 12.9. The van der Waals surface area contributed by atoms with Crippen LogP contribution in [0.2, 0.25) is 0 Å². The fourth-order valence-corrected chi connectivity index (χ4v) is 2.77. The Hall–Kier alpha value is -2.14. The maximum Gasteiger partial charge on any atom is 0.414 e. The molecule has 4 nitrogen and oxygen atoms in total. The Balaban J connectivity index is 1.62. The van der Waals surface area contributed by atoms with Crippen LogP contribution in [0.4, 0.5) is 4.79 Å². The smallest absolute Gasteiger partial charge is 0.414 e. The van der Waals surface area contributed by atoms with Crippen LogP contribution in [0.25, 0.3) is 6.08 Å². The molecule has 0 bridgehead atoms. The predicted octanol–water partition coefficient (Wildman–Crippen LogP) is 3.57. The maximum atomic E-state index is 12.0. The van der Waals surface area contributed by atoms with Gasteiger partial charge >= 0.3 is 6.09 Å². The van der Waals surface area contributed by atoms with Gasteiger partial charge in [0, 0.05) is 12.4 Å². The Morgan fingerprint density at radius 3 is 3.10 bits per heavy atom. The summed E-state index contributed by atoms with van der Waals surface area (Å²) in [6.07, 6.45) is 5.11. The standard InChI is InChI=1S/C15H14N2O2S/c1-11-16-8-14(20-11)10-19-15(18)17-7-6-12-4-2-3-5-13(12)9-17/h2-8H,9-10H2,1H3. The highest BCUT2D eigenvalue weighted by Crippen LogP contribution is 2.20. The third-order valence-corrected chi connectivity index (χ3v) is 3.96. The lowest BCUT2D eigenvalue weighted by Gasteiger charge is -2.22. The molecule has 0 saturated heterocycles. The second kappa shape index (κ2) is 5.46. The first-order valence-corrected chi connectivity index (χ1v) is 7.15. The van der Waals surface area contributed by atoms with Gasteiger partial charge in [-0.1, -0.05) is 24.3 Å². The lowest BCUT2D eigenvalue weighted by atomic mass is 10.1. The summed E-state index contributed by atoms with van der Waals surface area (Å²) in [6.45, 7) is 2.75. The zero-order chi connectivity index (χ0) is 13.9. The molecule has 1 amide bonds. The van der Waals surface area contributed by atoms with Gasteiger partial charge in [0.2, 0.25) is 0 Å². The highest BCUT2D eigenvalue weighted by Gasteiger charge is 2.17. The number of aryl methyl sites for hydroxylation is 1. The van der Waals surface area contributed by atoms with E-state index in [0.29, 0.717) is 6.54 Å². The normalized spacial score (nSPS) is 13.2. The molecule has 2 aromatic rings. The number of nitrogens with zero attached hydrogens (tertiary/aromatic N) is 2. The van der Waals surface area contributed by atoms with Crippen LogP contribution in [0.5, 0.6) is 0 Å². The molecule has 20 heavy (non-hydrogen) atoms. The Kier molecular flexibility index (Phi) is 3.52. The molecule has 3 rings (SSSR count).